The third-order valence-electron chi connectivity index (χ3n) is 3.37. The molecule has 3 atom stereocenters. The van der Waals surface area contributed by atoms with E-state index in [9.17, 15) is 0 Å². The van der Waals surface area contributed by atoms with E-state index in [-0.39, 0.29) is 5.38 Å². The number of hydrogen-bond donors (Lipinski definition) is 1. The molecule has 0 bridgehead atoms. The zero-order valence-electron chi connectivity index (χ0n) is 10.8. The van der Waals surface area contributed by atoms with Crippen molar-refractivity contribution in [2.24, 2.45) is 16.9 Å². The molecule has 1 unspecified atom stereocenters. The Hall–Kier alpha value is -0.500. The summed E-state index contributed by atoms with van der Waals surface area (Å²) in [7, 11) is 0. The third-order valence-corrected chi connectivity index (χ3v) is 3.87. The molecule has 1 heterocycles. The fourth-order valence-corrected chi connectivity index (χ4v) is 2.02. The lowest BCUT2D eigenvalue weighted by atomic mass is 9.89. The van der Waals surface area contributed by atoms with Gasteiger partial charge in [0.2, 0.25) is 0 Å². The van der Waals surface area contributed by atoms with Crippen LogP contribution in [0, 0.1) is 11.8 Å². The van der Waals surface area contributed by atoms with Gasteiger partial charge >= 0.3 is 0 Å². The molecular weight excluding hydrogens is 220 g/mol. The van der Waals surface area contributed by atoms with Gasteiger partial charge in [0, 0.05) is 11.6 Å². The fraction of sp³-hybridized carbons (Fsp3) is 0.769. The molecule has 16 heavy (non-hydrogen) atoms. The van der Waals surface area contributed by atoms with E-state index in [1.165, 1.54) is 17.7 Å². The van der Waals surface area contributed by atoms with Crippen LogP contribution < -0.4 is 5.43 Å². The molecule has 1 aliphatic heterocycles. The average molecular weight is 243 g/mol. The van der Waals surface area contributed by atoms with E-state index in [0.717, 1.165) is 18.9 Å². The van der Waals surface area contributed by atoms with Crippen molar-refractivity contribution in [1.29, 1.82) is 0 Å². The minimum Gasteiger partial charge on any atom is -0.308 e. The SMILES string of the molecule is CC[C@@H](C)C[C@H]1C=C(C)C(Cl)CNN=C1C. The molecule has 2 nitrogen and oxygen atoms in total. The standard InChI is InChI=1S/C13H23ClN2/c1-5-9(2)6-12-7-10(3)13(14)8-15-16-11(12)4/h7,9,12-13,15H,5-6,8H2,1-4H3/t9-,12+,13?/m1/s1. The van der Waals surface area contributed by atoms with Gasteiger partial charge in [-0.05, 0) is 26.2 Å². The van der Waals surface area contributed by atoms with Crippen LogP contribution in [-0.4, -0.2) is 17.6 Å². The van der Waals surface area contributed by atoms with Crippen LogP contribution in [0.4, 0.5) is 0 Å². The van der Waals surface area contributed by atoms with Crippen molar-refractivity contribution in [3.8, 4) is 0 Å². The minimum atomic E-state index is 0.0660. The second-order valence-electron chi connectivity index (χ2n) is 4.85. The molecule has 0 aromatic rings. The Morgan fingerprint density at radius 3 is 2.88 bits per heavy atom. The highest BCUT2D eigenvalue weighted by atomic mass is 35.5. The van der Waals surface area contributed by atoms with Crippen molar-refractivity contribution in [1.82, 2.24) is 5.43 Å². The van der Waals surface area contributed by atoms with Crippen molar-refractivity contribution in [2.75, 3.05) is 6.54 Å². The molecule has 0 aromatic heterocycles. The van der Waals surface area contributed by atoms with Crippen molar-refractivity contribution >= 4 is 17.3 Å². The molecule has 0 saturated heterocycles. The van der Waals surface area contributed by atoms with E-state index in [4.69, 9.17) is 11.6 Å². The van der Waals surface area contributed by atoms with Crippen LogP contribution in [0.5, 0.6) is 0 Å². The first-order chi connectivity index (χ1) is 7.54. The molecule has 3 heteroatoms. The molecule has 0 aromatic carbocycles. The summed E-state index contributed by atoms with van der Waals surface area (Å²) in [6.07, 6.45) is 4.67. The summed E-state index contributed by atoms with van der Waals surface area (Å²) in [6, 6.07) is 0. The van der Waals surface area contributed by atoms with Crippen molar-refractivity contribution < 1.29 is 0 Å². The Morgan fingerprint density at radius 1 is 1.56 bits per heavy atom. The number of alkyl halides is 1. The highest BCUT2D eigenvalue weighted by molar-refractivity contribution is 6.22. The molecule has 1 rings (SSSR count). The summed E-state index contributed by atoms with van der Waals surface area (Å²) in [5, 5.41) is 4.44. The van der Waals surface area contributed by atoms with Gasteiger partial charge in [0.1, 0.15) is 0 Å². The highest BCUT2D eigenvalue weighted by Crippen LogP contribution is 2.22. The molecule has 1 aliphatic rings. The predicted molar refractivity (Wildman–Crippen MR) is 72.1 cm³/mol. The van der Waals surface area contributed by atoms with E-state index < -0.39 is 0 Å². The van der Waals surface area contributed by atoms with E-state index in [1.54, 1.807) is 0 Å². The van der Waals surface area contributed by atoms with Crippen LogP contribution in [0.15, 0.2) is 16.8 Å². The number of nitrogens with zero attached hydrogens (tertiary/aromatic N) is 1. The molecule has 0 fully saturated rings. The molecule has 0 saturated carbocycles. The lowest BCUT2D eigenvalue weighted by molar-refractivity contribution is 0.483. The molecule has 1 N–H and O–H groups in total. The van der Waals surface area contributed by atoms with Gasteiger partial charge in [-0.2, -0.15) is 5.10 Å². The van der Waals surface area contributed by atoms with Gasteiger partial charge in [-0.15, -0.1) is 11.6 Å². The quantitative estimate of drug-likeness (QED) is 0.594. The summed E-state index contributed by atoms with van der Waals surface area (Å²) in [6.45, 7) is 9.46. The third kappa shape index (κ3) is 3.82. The monoisotopic (exact) mass is 242 g/mol. The van der Waals surface area contributed by atoms with Gasteiger partial charge in [0.05, 0.1) is 11.9 Å². The number of hydrazone groups is 1. The zero-order valence-corrected chi connectivity index (χ0v) is 11.5. The van der Waals surface area contributed by atoms with Gasteiger partial charge in [0.15, 0.2) is 0 Å². The zero-order chi connectivity index (χ0) is 12.1. The van der Waals surface area contributed by atoms with Gasteiger partial charge in [-0.3, -0.25) is 0 Å². The maximum atomic E-state index is 6.23. The van der Waals surface area contributed by atoms with E-state index >= 15 is 0 Å². The second kappa shape index (κ2) is 6.29. The first-order valence-electron chi connectivity index (χ1n) is 6.14. The highest BCUT2D eigenvalue weighted by Gasteiger charge is 2.17. The summed E-state index contributed by atoms with van der Waals surface area (Å²) in [4.78, 5) is 0. The van der Waals surface area contributed by atoms with Gasteiger partial charge in [0.25, 0.3) is 0 Å². The number of rotatable bonds is 3. The number of nitrogens with one attached hydrogen (secondary N) is 1. The van der Waals surface area contributed by atoms with Gasteiger partial charge in [-0.25, -0.2) is 0 Å². The van der Waals surface area contributed by atoms with Crippen LogP contribution in [0.2, 0.25) is 0 Å². The molecule has 0 aliphatic carbocycles. The van der Waals surface area contributed by atoms with Crippen LogP contribution in [0.1, 0.15) is 40.5 Å². The number of allylic oxidation sites excluding steroid dienone is 1. The molecule has 0 amide bonds. The first-order valence-corrected chi connectivity index (χ1v) is 6.57. The Kier molecular flexibility index (Phi) is 5.33. The Bertz CT molecular complexity index is 284. The van der Waals surface area contributed by atoms with Crippen molar-refractivity contribution in [3.63, 3.8) is 0 Å². The van der Waals surface area contributed by atoms with Gasteiger partial charge in [-0.1, -0.05) is 31.9 Å². The number of halogens is 1. The summed E-state index contributed by atoms with van der Waals surface area (Å²) < 4.78 is 0. The maximum absolute atomic E-state index is 6.23. The van der Waals surface area contributed by atoms with Gasteiger partial charge < -0.3 is 5.43 Å². The molecule has 92 valence electrons. The predicted octanol–water partition coefficient (Wildman–Crippen LogP) is 3.57. The number of hydrogen-bond acceptors (Lipinski definition) is 2. The molecule has 0 radical (unpaired) electrons. The van der Waals surface area contributed by atoms with E-state index in [2.05, 4.69) is 44.3 Å². The van der Waals surface area contributed by atoms with Crippen LogP contribution in [0.3, 0.4) is 0 Å². The topological polar surface area (TPSA) is 24.4 Å². The first kappa shape index (κ1) is 13.6. The largest absolute Gasteiger partial charge is 0.308 e. The molecule has 0 spiro atoms. The summed E-state index contributed by atoms with van der Waals surface area (Å²) >= 11 is 6.23. The Morgan fingerprint density at radius 2 is 2.25 bits per heavy atom. The average Bonchev–Trinajstić information content (AvgIpc) is 2.26. The van der Waals surface area contributed by atoms with Crippen LogP contribution >= 0.6 is 11.6 Å². The molecular formula is C13H23ClN2. The lowest BCUT2D eigenvalue weighted by Crippen LogP contribution is -2.26. The lowest BCUT2D eigenvalue weighted by Gasteiger charge is -2.22. The minimum absolute atomic E-state index is 0.0660. The Labute approximate surface area is 104 Å². The second-order valence-corrected chi connectivity index (χ2v) is 5.38. The van der Waals surface area contributed by atoms with Crippen molar-refractivity contribution in [2.45, 2.75) is 45.9 Å². The van der Waals surface area contributed by atoms with Crippen LogP contribution in [0.25, 0.3) is 0 Å². The summed E-state index contributed by atoms with van der Waals surface area (Å²) in [5.41, 5.74) is 5.48. The summed E-state index contributed by atoms with van der Waals surface area (Å²) in [5.74, 6) is 1.16. The van der Waals surface area contributed by atoms with Crippen molar-refractivity contribution in [3.05, 3.63) is 11.6 Å². The van der Waals surface area contributed by atoms with Crippen LogP contribution in [-0.2, 0) is 0 Å². The normalized spacial score (nSPS) is 28.3. The van der Waals surface area contributed by atoms with E-state index in [0.29, 0.717) is 5.92 Å². The Balaban J connectivity index is 2.79. The maximum Gasteiger partial charge on any atom is 0.0732 e. The fourth-order valence-electron chi connectivity index (χ4n) is 1.88. The smallest absolute Gasteiger partial charge is 0.0732 e. The van der Waals surface area contributed by atoms with E-state index in [1.807, 2.05) is 0 Å².